The van der Waals surface area contributed by atoms with E-state index in [1.807, 2.05) is 19.1 Å². The lowest BCUT2D eigenvalue weighted by atomic mass is 10.1. The zero-order chi connectivity index (χ0) is 12.7. The molecule has 5 nitrogen and oxygen atoms in total. The predicted molar refractivity (Wildman–Crippen MR) is 69.2 cm³/mol. The highest BCUT2D eigenvalue weighted by atomic mass is 16.5. The van der Waals surface area contributed by atoms with Gasteiger partial charge in [-0.05, 0) is 19.1 Å². The fraction of sp³-hybridized carbons (Fsp3) is 0.231. The van der Waals surface area contributed by atoms with Crippen LogP contribution in [0.15, 0.2) is 18.2 Å². The molecular formula is C13H13N3O2. The van der Waals surface area contributed by atoms with Crippen LogP contribution in [-0.4, -0.2) is 29.4 Å². The summed E-state index contributed by atoms with van der Waals surface area (Å²) in [5.74, 6) is 1.37. The van der Waals surface area contributed by atoms with Crippen molar-refractivity contribution in [2.45, 2.75) is 6.92 Å². The second-order valence-electron chi connectivity index (χ2n) is 4.11. The predicted octanol–water partition coefficient (Wildman–Crippen LogP) is 2.44. The van der Waals surface area contributed by atoms with Gasteiger partial charge in [-0.15, -0.1) is 0 Å². The van der Waals surface area contributed by atoms with Crippen molar-refractivity contribution in [1.82, 2.24) is 15.2 Å². The van der Waals surface area contributed by atoms with Gasteiger partial charge in [0.2, 0.25) is 0 Å². The minimum atomic E-state index is 0.670. The normalized spacial score (nSPS) is 11.1. The highest BCUT2D eigenvalue weighted by Gasteiger charge is 2.10. The Hall–Kier alpha value is -2.30. The lowest BCUT2D eigenvalue weighted by molar-refractivity contribution is 0.356. The van der Waals surface area contributed by atoms with Crippen LogP contribution in [0.1, 0.15) is 5.69 Å². The second-order valence-corrected chi connectivity index (χ2v) is 4.11. The summed E-state index contributed by atoms with van der Waals surface area (Å²) in [6.07, 6.45) is 0. The summed E-state index contributed by atoms with van der Waals surface area (Å²) in [6.45, 7) is 1.98. The molecule has 0 radical (unpaired) electrons. The maximum atomic E-state index is 5.29. The number of nitrogens with one attached hydrogen (secondary N) is 1. The maximum Gasteiger partial charge on any atom is 0.181 e. The number of aryl methyl sites for hydroxylation is 1. The summed E-state index contributed by atoms with van der Waals surface area (Å²) < 4.78 is 10.6. The molecule has 2 aromatic heterocycles. The third-order valence-electron chi connectivity index (χ3n) is 3.03. The minimum Gasteiger partial charge on any atom is -0.493 e. The number of aromatic amines is 1. The van der Waals surface area contributed by atoms with Gasteiger partial charge in [0, 0.05) is 22.5 Å². The van der Waals surface area contributed by atoms with Gasteiger partial charge in [-0.25, -0.2) is 4.98 Å². The second kappa shape index (κ2) is 3.87. The number of hydrogen-bond donors (Lipinski definition) is 1. The molecule has 0 aliphatic carbocycles. The van der Waals surface area contributed by atoms with Crippen molar-refractivity contribution in [2.75, 3.05) is 14.2 Å². The number of ether oxygens (including phenoxy) is 2. The van der Waals surface area contributed by atoms with Gasteiger partial charge in [0.25, 0.3) is 0 Å². The first-order valence-corrected chi connectivity index (χ1v) is 5.60. The molecule has 0 bridgehead atoms. The highest BCUT2D eigenvalue weighted by molar-refractivity contribution is 5.93. The van der Waals surface area contributed by atoms with Crippen LogP contribution in [0, 0.1) is 6.92 Å². The van der Waals surface area contributed by atoms with Crippen LogP contribution >= 0.6 is 0 Å². The van der Waals surface area contributed by atoms with Crippen LogP contribution in [0.5, 0.6) is 11.5 Å². The topological polar surface area (TPSA) is 60.0 Å². The Balaban J connectivity index is 2.37. The Kier molecular flexibility index (Phi) is 2.33. The van der Waals surface area contributed by atoms with Gasteiger partial charge in [0.05, 0.1) is 19.7 Å². The number of hydrogen-bond acceptors (Lipinski definition) is 4. The molecular weight excluding hydrogens is 230 g/mol. The Morgan fingerprint density at radius 3 is 2.50 bits per heavy atom. The SMILES string of the molecule is COc1cc2cc3c(C)[nH]nc3nc2cc1OC. The number of methoxy groups -OCH3 is 2. The molecule has 0 unspecified atom stereocenters. The first-order chi connectivity index (χ1) is 8.72. The molecule has 0 fully saturated rings. The summed E-state index contributed by atoms with van der Waals surface area (Å²) in [5.41, 5.74) is 2.56. The lowest BCUT2D eigenvalue weighted by Gasteiger charge is -2.08. The summed E-state index contributed by atoms with van der Waals surface area (Å²) in [5, 5.41) is 9.12. The molecule has 3 aromatic rings. The zero-order valence-corrected chi connectivity index (χ0v) is 10.4. The Morgan fingerprint density at radius 1 is 1.06 bits per heavy atom. The Bertz CT molecular complexity index is 734. The zero-order valence-electron chi connectivity index (χ0n) is 10.4. The van der Waals surface area contributed by atoms with Gasteiger partial charge in [-0.2, -0.15) is 5.10 Å². The molecule has 1 aromatic carbocycles. The van der Waals surface area contributed by atoms with Crippen molar-refractivity contribution in [1.29, 1.82) is 0 Å². The van der Waals surface area contributed by atoms with Crippen LogP contribution in [-0.2, 0) is 0 Å². The number of nitrogens with zero attached hydrogens (tertiary/aromatic N) is 2. The van der Waals surface area contributed by atoms with Gasteiger partial charge in [-0.1, -0.05) is 0 Å². The number of rotatable bonds is 2. The molecule has 0 spiro atoms. The highest BCUT2D eigenvalue weighted by Crippen LogP contribution is 2.32. The van der Waals surface area contributed by atoms with Crippen LogP contribution < -0.4 is 9.47 Å². The van der Waals surface area contributed by atoms with Crippen molar-refractivity contribution in [3.05, 3.63) is 23.9 Å². The van der Waals surface area contributed by atoms with E-state index in [1.54, 1.807) is 14.2 Å². The third-order valence-corrected chi connectivity index (χ3v) is 3.03. The molecule has 0 amide bonds. The van der Waals surface area contributed by atoms with E-state index in [2.05, 4.69) is 21.2 Å². The number of fused-ring (bicyclic) bond motifs is 2. The summed E-state index contributed by atoms with van der Waals surface area (Å²) in [6, 6.07) is 5.84. The van der Waals surface area contributed by atoms with Gasteiger partial charge in [0.15, 0.2) is 17.1 Å². The van der Waals surface area contributed by atoms with E-state index < -0.39 is 0 Å². The van der Waals surface area contributed by atoms with Gasteiger partial charge in [0.1, 0.15) is 0 Å². The van der Waals surface area contributed by atoms with Crippen molar-refractivity contribution in [3.8, 4) is 11.5 Å². The standard InChI is InChI=1S/C13H13N3O2/c1-7-9-4-8-5-11(17-2)12(18-3)6-10(8)14-13(9)16-15-7/h4-6H,1-3H3,(H,14,15,16). The van der Waals surface area contributed by atoms with E-state index in [9.17, 15) is 0 Å². The Labute approximate surface area is 104 Å². The molecule has 0 saturated carbocycles. The van der Waals surface area contributed by atoms with Crippen molar-refractivity contribution in [2.24, 2.45) is 0 Å². The molecule has 2 heterocycles. The van der Waals surface area contributed by atoms with Crippen LogP contribution in [0.3, 0.4) is 0 Å². The molecule has 3 rings (SSSR count). The molecule has 5 heteroatoms. The van der Waals surface area contributed by atoms with Gasteiger partial charge < -0.3 is 9.47 Å². The number of benzene rings is 1. The van der Waals surface area contributed by atoms with E-state index in [-0.39, 0.29) is 0 Å². The summed E-state index contributed by atoms with van der Waals surface area (Å²) in [4.78, 5) is 4.50. The fourth-order valence-electron chi connectivity index (χ4n) is 2.05. The number of pyridine rings is 1. The van der Waals surface area contributed by atoms with Crippen molar-refractivity contribution in [3.63, 3.8) is 0 Å². The number of aromatic nitrogens is 3. The average Bonchev–Trinajstić information content (AvgIpc) is 2.75. The smallest absolute Gasteiger partial charge is 0.181 e. The average molecular weight is 243 g/mol. The molecule has 92 valence electrons. The van der Waals surface area contributed by atoms with Crippen LogP contribution in [0.2, 0.25) is 0 Å². The quantitative estimate of drug-likeness (QED) is 0.751. The first kappa shape index (κ1) is 10.8. The first-order valence-electron chi connectivity index (χ1n) is 5.60. The molecule has 18 heavy (non-hydrogen) atoms. The van der Waals surface area contributed by atoms with Gasteiger partial charge >= 0.3 is 0 Å². The molecule has 0 aliphatic heterocycles. The van der Waals surface area contributed by atoms with Crippen LogP contribution in [0.25, 0.3) is 21.9 Å². The van der Waals surface area contributed by atoms with E-state index in [1.165, 1.54) is 0 Å². The van der Waals surface area contributed by atoms with E-state index >= 15 is 0 Å². The molecule has 0 atom stereocenters. The van der Waals surface area contributed by atoms with Crippen molar-refractivity contribution < 1.29 is 9.47 Å². The summed E-state index contributed by atoms with van der Waals surface area (Å²) in [7, 11) is 3.24. The molecule has 1 N–H and O–H groups in total. The summed E-state index contributed by atoms with van der Waals surface area (Å²) >= 11 is 0. The Morgan fingerprint density at radius 2 is 1.78 bits per heavy atom. The molecule has 0 saturated heterocycles. The van der Waals surface area contributed by atoms with E-state index in [4.69, 9.17) is 9.47 Å². The maximum absolute atomic E-state index is 5.29. The van der Waals surface area contributed by atoms with E-state index in [0.29, 0.717) is 17.1 Å². The monoisotopic (exact) mass is 243 g/mol. The fourth-order valence-corrected chi connectivity index (χ4v) is 2.05. The van der Waals surface area contributed by atoms with Crippen molar-refractivity contribution >= 4 is 21.9 Å². The lowest BCUT2D eigenvalue weighted by Crippen LogP contribution is -1.91. The van der Waals surface area contributed by atoms with Crippen LogP contribution in [0.4, 0.5) is 0 Å². The van der Waals surface area contributed by atoms with E-state index in [0.717, 1.165) is 22.0 Å². The third kappa shape index (κ3) is 1.48. The molecule has 0 aliphatic rings. The number of H-pyrrole nitrogens is 1. The minimum absolute atomic E-state index is 0.670. The van der Waals surface area contributed by atoms with Gasteiger partial charge in [-0.3, -0.25) is 5.10 Å². The largest absolute Gasteiger partial charge is 0.493 e.